The van der Waals surface area contributed by atoms with Crippen LogP contribution in [0.1, 0.15) is 5.56 Å². The fourth-order valence-corrected chi connectivity index (χ4v) is 1.67. The average Bonchev–Trinajstić information content (AvgIpc) is 2.29. The first-order valence-electron chi connectivity index (χ1n) is 3.61. The molecule has 1 aromatic rings. The molecule has 2 rings (SSSR count). The molecule has 0 unspecified atom stereocenters. The number of halogens is 1. The van der Waals surface area contributed by atoms with Gasteiger partial charge in [-0.1, -0.05) is 11.6 Å². The van der Waals surface area contributed by atoms with E-state index < -0.39 is 0 Å². The largest absolute Gasteiger partial charge is 0.325 e. The van der Waals surface area contributed by atoms with Gasteiger partial charge in [-0.15, -0.1) is 0 Å². The Morgan fingerprint density at radius 1 is 1.50 bits per heavy atom. The number of amides is 1. The van der Waals surface area contributed by atoms with Crippen LogP contribution in [0.4, 0.5) is 11.4 Å². The number of rotatable bonds is 0. The lowest BCUT2D eigenvalue weighted by Gasteiger charge is -2.00. The maximum absolute atomic E-state index is 11.0. The molecule has 4 heteroatoms. The van der Waals surface area contributed by atoms with Crippen molar-refractivity contribution in [1.29, 1.82) is 0 Å². The Labute approximate surface area is 74.5 Å². The third-order valence-corrected chi connectivity index (χ3v) is 2.15. The lowest BCUT2D eigenvalue weighted by Crippen LogP contribution is -2.40. The van der Waals surface area contributed by atoms with Crippen molar-refractivity contribution in [2.75, 3.05) is 5.32 Å². The molecule has 0 bridgehead atoms. The smallest absolute Gasteiger partial charge is 0.228 e. The number of hydrogen-bond acceptors (Lipinski definition) is 1. The van der Waals surface area contributed by atoms with Gasteiger partial charge in [0.25, 0.3) is 0 Å². The molecule has 0 fully saturated rings. The minimum absolute atomic E-state index is 0.00231. The Kier molecular flexibility index (Phi) is 1.56. The number of benzene rings is 1. The quantitative estimate of drug-likeness (QED) is 0.612. The maximum Gasteiger partial charge on any atom is 0.228 e. The summed E-state index contributed by atoms with van der Waals surface area (Å²) >= 11 is 5.89. The first-order valence-corrected chi connectivity index (χ1v) is 3.99. The predicted molar refractivity (Wildman–Crippen MR) is 46.3 cm³/mol. The lowest BCUT2D eigenvalue weighted by atomic mass is 10.1. The van der Waals surface area contributed by atoms with Gasteiger partial charge in [0.2, 0.25) is 5.91 Å². The number of carbonyl (C=O) groups excluding carboxylic acids is 1. The van der Waals surface area contributed by atoms with Crippen molar-refractivity contribution >= 4 is 28.9 Å². The Bertz CT molecular complexity index is 362. The van der Waals surface area contributed by atoms with Crippen molar-refractivity contribution in [3.63, 3.8) is 0 Å². The molecular weight excluding hydrogens is 176 g/mol. The highest BCUT2D eigenvalue weighted by Gasteiger charge is 2.21. The molecule has 1 heterocycles. The summed E-state index contributed by atoms with van der Waals surface area (Å²) in [4.78, 5) is 11.0. The van der Waals surface area contributed by atoms with E-state index in [9.17, 15) is 4.79 Å². The van der Waals surface area contributed by atoms with Crippen molar-refractivity contribution < 1.29 is 10.5 Å². The van der Waals surface area contributed by atoms with E-state index in [1.807, 2.05) is 6.07 Å². The third kappa shape index (κ3) is 1.07. The normalized spacial score (nSPS) is 14.3. The zero-order valence-corrected chi connectivity index (χ0v) is 7.11. The SMILES string of the molecule is [NH3+]c1cc(Cl)c2c(c1)CC(=O)N2. The Morgan fingerprint density at radius 2 is 2.25 bits per heavy atom. The van der Waals surface area contributed by atoms with Crippen LogP contribution in [0.2, 0.25) is 5.02 Å². The van der Waals surface area contributed by atoms with Crippen molar-refractivity contribution in [2.24, 2.45) is 0 Å². The second-order valence-electron chi connectivity index (χ2n) is 2.84. The minimum Gasteiger partial charge on any atom is -0.325 e. The first kappa shape index (κ1) is 7.58. The zero-order valence-electron chi connectivity index (χ0n) is 6.36. The third-order valence-electron chi connectivity index (χ3n) is 1.85. The summed E-state index contributed by atoms with van der Waals surface area (Å²) in [5.74, 6) is -0.00231. The average molecular weight is 184 g/mol. The van der Waals surface area contributed by atoms with Crippen LogP contribution in [-0.2, 0) is 11.2 Å². The highest BCUT2D eigenvalue weighted by molar-refractivity contribution is 6.34. The summed E-state index contributed by atoms with van der Waals surface area (Å²) in [6.07, 6.45) is 0.415. The van der Waals surface area contributed by atoms with Crippen molar-refractivity contribution in [1.82, 2.24) is 0 Å². The highest BCUT2D eigenvalue weighted by atomic mass is 35.5. The Hall–Kier alpha value is -1.06. The van der Waals surface area contributed by atoms with Crippen LogP contribution in [0.3, 0.4) is 0 Å². The molecule has 1 amide bonds. The topological polar surface area (TPSA) is 56.7 Å². The van der Waals surface area contributed by atoms with Crippen LogP contribution in [-0.4, -0.2) is 5.91 Å². The summed E-state index contributed by atoms with van der Waals surface area (Å²) in [5.41, 5.74) is 6.29. The Morgan fingerprint density at radius 3 is 3.00 bits per heavy atom. The van der Waals surface area contributed by atoms with E-state index in [1.165, 1.54) is 0 Å². The summed E-state index contributed by atoms with van der Waals surface area (Å²) in [6, 6.07) is 3.62. The van der Waals surface area contributed by atoms with Gasteiger partial charge in [0.1, 0.15) is 5.69 Å². The van der Waals surface area contributed by atoms with Crippen molar-refractivity contribution in [3.8, 4) is 0 Å². The van der Waals surface area contributed by atoms with Gasteiger partial charge in [0, 0.05) is 12.1 Å². The minimum atomic E-state index is -0.00231. The zero-order chi connectivity index (χ0) is 8.72. The fraction of sp³-hybridized carbons (Fsp3) is 0.125. The lowest BCUT2D eigenvalue weighted by molar-refractivity contribution is -0.254. The van der Waals surface area contributed by atoms with E-state index in [0.717, 1.165) is 16.9 Å². The van der Waals surface area contributed by atoms with Crippen LogP contribution >= 0.6 is 11.6 Å². The van der Waals surface area contributed by atoms with Crippen LogP contribution in [0.15, 0.2) is 12.1 Å². The van der Waals surface area contributed by atoms with Gasteiger partial charge in [-0.25, -0.2) is 0 Å². The van der Waals surface area contributed by atoms with E-state index in [-0.39, 0.29) is 5.91 Å². The van der Waals surface area contributed by atoms with Crippen LogP contribution in [0.5, 0.6) is 0 Å². The monoisotopic (exact) mass is 183 g/mol. The molecular formula is C8H8ClN2O+. The summed E-state index contributed by atoms with van der Waals surface area (Å²) < 4.78 is 0. The standard InChI is InChI=1S/C8H7ClN2O/c9-6-3-5(10)1-4-2-7(12)11-8(4)6/h1,3H,2,10H2,(H,11,12)/p+1. The summed E-state index contributed by atoms with van der Waals surface area (Å²) in [6.45, 7) is 0. The maximum atomic E-state index is 11.0. The van der Waals surface area contributed by atoms with Gasteiger partial charge in [-0.2, -0.15) is 0 Å². The van der Waals surface area contributed by atoms with Crippen molar-refractivity contribution in [3.05, 3.63) is 22.7 Å². The fourth-order valence-electron chi connectivity index (χ4n) is 1.36. The molecule has 62 valence electrons. The molecule has 0 spiro atoms. The molecule has 3 nitrogen and oxygen atoms in total. The van der Waals surface area contributed by atoms with E-state index in [0.29, 0.717) is 11.4 Å². The van der Waals surface area contributed by atoms with E-state index in [1.54, 1.807) is 6.07 Å². The number of carbonyl (C=O) groups is 1. The molecule has 1 aliphatic rings. The molecule has 4 N–H and O–H groups in total. The van der Waals surface area contributed by atoms with Gasteiger partial charge in [-0.3, -0.25) is 4.79 Å². The number of anilines is 1. The van der Waals surface area contributed by atoms with E-state index >= 15 is 0 Å². The number of quaternary nitrogens is 1. The van der Waals surface area contributed by atoms with Gasteiger partial charge >= 0.3 is 0 Å². The van der Waals surface area contributed by atoms with Gasteiger partial charge < -0.3 is 11.1 Å². The summed E-state index contributed by atoms with van der Waals surface area (Å²) in [5, 5.41) is 3.27. The molecule has 1 aromatic carbocycles. The number of hydrogen-bond donors (Lipinski definition) is 2. The molecule has 0 saturated heterocycles. The Balaban J connectivity index is 2.59. The molecule has 0 saturated carbocycles. The van der Waals surface area contributed by atoms with Gasteiger partial charge in [-0.05, 0) is 5.56 Å². The van der Waals surface area contributed by atoms with Gasteiger partial charge in [0.15, 0.2) is 0 Å². The molecule has 0 aromatic heterocycles. The highest BCUT2D eigenvalue weighted by Crippen LogP contribution is 2.32. The number of fused-ring (bicyclic) bond motifs is 1. The first-order chi connectivity index (χ1) is 5.66. The molecule has 1 aliphatic heterocycles. The van der Waals surface area contributed by atoms with Crippen LogP contribution < -0.4 is 11.1 Å². The molecule has 12 heavy (non-hydrogen) atoms. The molecule has 0 aliphatic carbocycles. The van der Waals surface area contributed by atoms with E-state index in [2.05, 4.69) is 11.1 Å². The molecule has 0 atom stereocenters. The predicted octanol–water partition coefficient (Wildman–Crippen LogP) is 0.708. The van der Waals surface area contributed by atoms with Crippen LogP contribution in [0, 0.1) is 0 Å². The van der Waals surface area contributed by atoms with Crippen LogP contribution in [0.25, 0.3) is 0 Å². The number of nitrogens with one attached hydrogen (secondary N) is 1. The second kappa shape index (κ2) is 2.47. The second-order valence-corrected chi connectivity index (χ2v) is 3.24. The van der Waals surface area contributed by atoms with E-state index in [4.69, 9.17) is 11.6 Å². The summed E-state index contributed by atoms with van der Waals surface area (Å²) in [7, 11) is 0. The van der Waals surface area contributed by atoms with Gasteiger partial charge in [0.05, 0.1) is 17.1 Å². The van der Waals surface area contributed by atoms with Crippen molar-refractivity contribution in [2.45, 2.75) is 6.42 Å². The molecule has 0 radical (unpaired) electrons.